The molecule has 3 aromatic rings. The van der Waals surface area contributed by atoms with E-state index in [1.165, 1.54) is 0 Å². The minimum Gasteiger partial charge on any atom is -0.493 e. The van der Waals surface area contributed by atoms with Gasteiger partial charge in [0.1, 0.15) is 5.56 Å². The van der Waals surface area contributed by atoms with Gasteiger partial charge in [-0.25, -0.2) is 0 Å². The second kappa shape index (κ2) is 7.24. The molecule has 0 N–H and O–H groups in total. The summed E-state index contributed by atoms with van der Waals surface area (Å²) >= 11 is 3.46. The smallest absolute Gasteiger partial charge is 0.263 e. The molecule has 1 aliphatic heterocycles. The summed E-state index contributed by atoms with van der Waals surface area (Å²) < 4.78 is 22.4. The van der Waals surface area contributed by atoms with Crippen molar-refractivity contribution >= 4 is 38.3 Å². The van der Waals surface area contributed by atoms with E-state index in [0.717, 1.165) is 16.5 Å². The van der Waals surface area contributed by atoms with Gasteiger partial charge in [0.15, 0.2) is 23.0 Å². The molecule has 0 spiro atoms. The number of rotatable bonds is 4. The highest BCUT2D eigenvalue weighted by Gasteiger charge is 2.28. The van der Waals surface area contributed by atoms with Crippen molar-refractivity contribution < 1.29 is 23.7 Å². The van der Waals surface area contributed by atoms with E-state index in [4.69, 9.17) is 18.9 Å². The summed E-state index contributed by atoms with van der Waals surface area (Å²) in [5.41, 5.74) is 1.17. The van der Waals surface area contributed by atoms with Gasteiger partial charge in [0.2, 0.25) is 6.79 Å². The van der Waals surface area contributed by atoms with Crippen LogP contribution in [0.3, 0.4) is 0 Å². The molecule has 0 radical (unpaired) electrons. The van der Waals surface area contributed by atoms with E-state index in [1.54, 1.807) is 38.3 Å². The number of carbonyl (C=O) groups is 1. The number of methoxy groups -OCH3 is 2. The number of amides is 1. The highest BCUT2D eigenvalue weighted by Crippen LogP contribution is 2.42. The molecule has 7 heteroatoms. The Morgan fingerprint density at radius 3 is 2.57 bits per heavy atom. The molecule has 0 fully saturated rings. The normalized spacial score (nSPS) is 12.1. The van der Waals surface area contributed by atoms with E-state index < -0.39 is 0 Å². The molecule has 1 heterocycles. The largest absolute Gasteiger partial charge is 0.493 e. The van der Waals surface area contributed by atoms with Crippen LogP contribution in [-0.4, -0.2) is 34.0 Å². The number of anilines is 1. The first-order valence-corrected chi connectivity index (χ1v) is 9.35. The Hall–Kier alpha value is -2.93. The fraction of sp³-hybridized carbons (Fsp3) is 0.190. The molecule has 0 aliphatic carbocycles. The fourth-order valence-electron chi connectivity index (χ4n) is 3.30. The molecule has 0 saturated carbocycles. The third-order valence-corrected chi connectivity index (χ3v) is 5.39. The van der Waals surface area contributed by atoms with Gasteiger partial charge >= 0.3 is 0 Å². The number of hydrogen-bond donors (Lipinski definition) is 0. The standard InChI is InChI=1S/C21H18BrNO5/c1-23(21(24)19-14(22)7-8-16-20(19)28-11-27-16)15-6-4-5-12-9-17(25-2)18(26-3)10-13(12)15/h4-10H,11H2,1-3H3. The average molecular weight is 444 g/mol. The third kappa shape index (κ3) is 2.92. The SMILES string of the molecule is COc1cc2cccc(N(C)C(=O)c3c(Br)ccc4c3OCO4)c2cc1OC. The first kappa shape index (κ1) is 18.4. The van der Waals surface area contributed by atoms with Gasteiger partial charge in [0.25, 0.3) is 5.91 Å². The maximum Gasteiger partial charge on any atom is 0.263 e. The van der Waals surface area contributed by atoms with Gasteiger partial charge in [0.05, 0.1) is 19.9 Å². The molecule has 3 aromatic carbocycles. The summed E-state index contributed by atoms with van der Waals surface area (Å²) in [5.74, 6) is 2.03. The third-order valence-electron chi connectivity index (χ3n) is 4.73. The highest BCUT2D eigenvalue weighted by molar-refractivity contribution is 9.10. The molecule has 0 atom stereocenters. The van der Waals surface area contributed by atoms with Gasteiger partial charge in [-0.2, -0.15) is 0 Å². The number of ether oxygens (including phenoxy) is 4. The minimum atomic E-state index is -0.212. The molecular weight excluding hydrogens is 426 g/mol. The molecule has 1 amide bonds. The molecule has 6 nitrogen and oxygen atoms in total. The van der Waals surface area contributed by atoms with E-state index in [2.05, 4.69) is 15.9 Å². The number of hydrogen-bond acceptors (Lipinski definition) is 5. The average Bonchev–Trinajstić information content (AvgIpc) is 3.19. The minimum absolute atomic E-state index is 0.0983. The number of fused-ring (bicyclic) bond motifs is 2. The van der Waals surface area contributed by atoms with Gasteiger partial charge in [-0.3, -0.25) is 4.79 Å². The maximum absolute atomic E-state index is 13.4. The van der Waals surface area contributed by atoms with Crippen LogP contribution in [-0.2, 0) is 0 Å². The highest BCUT2D eigenvalue weighted by atomic mass is 79.9. The van der Waals surface area contributed by atoms with Crippen LogP contribution in [0.4, 0.5) is 5.69 Å². The Balaban J connectivity index is 1.83. The van der Waals surface area contributed by atoms with Gasteiger partial charge in [-0.05, 0) is 51.6 Å². The van der Waals surface area contributed by atoms with Crippen LogP contribution in [0, 0.1) is 0 Å². The van der Waals surface area contributed by atoms with E-state index in [0.29, 0.717) is 33.0 Å². The lowest BCUT2D eigenvalue weighted by atomic mass is 10.1. The van der Waals surface area contributed by atoms with Gasteiger partial charge in [-0.1, -0.05) is 12.1 Å². The summed E-state index contributed by atoms with van der Waals surface area (Å²) in [6.45, 7) is 0.0983. The van der Waals surface area contributed by atoms with Gasteiger partial charge in [0, 0.05) is 16.9 Å². The summed E-state index contributed by atoms with van der Waals surface area (Å²) in [5, 5.41) is 1.81. The van der Waals surface area contributed by atoms with Crippen LogP contribution in [0.5, 0.6) is 23.0 Å². The second-order valence-electron chi connectivity index (χ2n) is 6.23. The van der Waals surface area contributed by atoms with Crippen molar-refractivity contribution in [3.05, 3.63) is 52.5 Å². The molecule has 4 rings (SSSR count). The summed E-state index contributed by atoms with van der Waals surface area (Å²) in [6, 6.07) is 13.1. The molecule has 144 valence electrons. The number of nitrogens with zero attached hydrogens (tertiary/aromatic N) is 1. The van der Waals surface area contributed by atoms with Crippen molar-refractivity contribution in [3.63, 3.8) is 0 Å². The van der Waals surface area contributed by atoms with Crippen molar-refractivity contribution in [2.75, 3.05) is 33.0 Å². The Bertz CT molecular complexity index is 1080. The zero-order chi connectivity index (χ0) is 19.8. The topological polar surface area (TPSA) is 57.2 Å². The van der Waals surface area contributed by atoms with Crippen molar-refractivity contribution in [1.82, 2.24) is 0 Å². The van der Waals surface area contributed by atoms with Crippen LogP contribution < -0.4 is 23.8 Å². The number of carbonyl (C=O) groups excluding carboxylic acids is 1. The fourth-order valence-corrected chi connectivity index (χ4v) is 3.79. The van der Waals surface area contributed by atoms with E-state index in [-0.39, 0.29) is 12.7 Å². The first-order chi connectivity index (χ1) is 13.5. The Kier molecular flexibility index (Phi) is 4.77. The molecular formula is C21H18BrNO5. The summed E-state index contributed by atoms with van der Waals surface area (Å²) in [7, 11) is 4.91. The van der Waals surface area contributed by atoms with Crippen molar-refractivity contribution in [1.29, 1.82) is 0 Å². The van der Waals surface area contributed by atoms with Gasteiger partial charge in [-0.15, -0.1) is 0 Å². The Morgan fingerprint density at radius 1 is 1.07 bits per heavy atom. The van der Waals surface area contributed by atoms with Crippen LogP contribution in [0.15, 0.2) is 46.9 Å². The van der Waals surface area contributed by atoms with E-state index >= 15 is 0 Å². The van der Waals surface area contributed by atoms with E-state index in [1.807, 2.05) is 30.3 Å². The van der Waals surface area contributed by atoms with Crippen LogP contribution in [0.25, 0.3) is 10.8 Å². The van der Waals surface area contributed by atoms with Crippen molar-refractivity contribution in [2.45, 2.75) is 0 Å². The predicted molar refractivity (Wildman–Crippen MR) is 110 cm³/mol. The van der Waals surface area contributed by atoms with Crippen LogP contribution >= 0.6 is 15.9 Å². The number of benzene rings is 3. The lowest BCUT2D eigenvalue weighted by molar-refractivity contribution is 0.0987. The molecule has 28 heavy (non-hydrogen) atoms. The maximum atomic E-state index is 13.4. The summed E-state index contributed by atoms with van der Waals surface area (Å²) in [6.07, 6.45) is 0. The molecule has 0 saturated heterocycles. The monoisotopic (exact) mass is 443 g/mol. The van der Waals surface area contributed by atoms with Crippen LogP contribution in [0.2, 0.25) is 0 Å². The van der Waals surface area contributed by atoms with Crippen molar-refractivity contribution in [3.8, 4) is 23.0 Å². The zero-order valence-corrected chi connectivity index (χ0v) is 17.2. The lowest BCUT2D eigenvalue weighted by Gasteiger charge is -2.21. The van der Waals surface area contributed by atoms with Crippen LogP contribution in [0.1, 0.15) is 10.4 Å². The summed E-state index contributed by atoms with van der Waals surface area (Å²) in [4.78, 5) is 14.9. The second-order valence-corrected chi connectivity index (χ2v) is 7.08. The van der Waals surface area contributed by atoms with Gasteiger partial charge < -0.3 is 23.8 Å². The van der Waals surface area contributed by atoms with Crippen molar-refractivity contribution in [2.24, 2.45) is 0 Å². The zero-order valence-electron chi connectivity index (χ0n) is 15.6. The Morgan fingerprint density at radius 2 is 1.82 bits per heavy atom. The predicted octanol–water partition coefficient (Wildman–Crippen LogP) is 4.62. The first-order valence-electron chi connectivity index (χ1n) is 8.56. The Labute approximate surface area is 170 Å². The van der Waals surface area contributed by atoms with E-state index in [9.17, 15) is 4.79 Å². The molecule has 0 unspecified atom stereocenters. The quantitative estimate of drug-likeness (QED) is 0.588. The molecule has 1 aliphatic rings. The number of halogens is 1. The molecule has 0 aromatic heterocycles. The molecule has 0 bridgehead atoms. The lowest BCUT2D eigenvalue weighted by Crippen LogP contribution is -2.27.